The van der Waals surface area contributed by atoms with Crippen molar-refractivity contribution in [3.8, 4) is 0 Å². The molecule has 0 saturated carbocycles. The molecule has 1 aromatic carbocycles. The van der Waals surface area contributed by atoms with Gasteiger partial charge in [-0.15, -0.1) is 6.58 Å². The number of unbranched alkanes of at least 4 members (excludes halogenated alkanes) is 2. The number of rotatable bonds is 13. The summed E-state index contributed by atoms with van der Waals surface area (Å²) in [5.41, 5.74) is 1.30. The molecule has 0 spiro atoms. The third-order valence-corrected chi connectivity index (χ3v) is 3.69. The first-order valence-corrected chi connectivity index (χ1v) is 8.88. The van der Waals surface area contributed by atoms with Gasteiger partial charge in [-0.25, -0.2) is 0 Å². The van der Waals surface area contributed by atoms with Crippen molar-refractivity contribution in [2.24, 2.45) is 0 Å². The Morgan fingerprint density at radius 1 is 0.957 bits per heavy atom. The van der Waals surface area contributed by atoms with Crippen molar-refractivity contribution in [1.29, 1.82) is 0 Å². The van der Waals surface area contributed by atoms with Crippen LogP contribution in [0.3, 0.4) is 0 Å². The molecule has 0 aliphatic heterocycles. The van der Waals surface area contributed by atoms with Gasteiger partial charge in [-0.2, -0.15) is 0 Å². The monoisotopic (exact) mass is 316 g/mol. The van der Waals surface area contributed by atoms with Gasteiger partial charge < -0.3 is 9.47 Å². The Labute approximate surface area is 142 Å². The third kappa shape index (κ3) is 8.73. The molecule has 0 fully saturated rings. The van der Waals surface area contributed by atoms with E-state index in [1.54, 1.807) is 0 Å². The predicted octanol–water partition coefficient (Wildman–Crippen LogP) is 5.34. The van der Waals surface area contributed by atoms with Crippen LogP contribution in [0.2, 0.25) is 0 Å². The highest BCUT2D eigenvalue weighted by Crippen LogP contribution is 2.11. The molecule has 0 aliphatic rings. The summed E-state index contributed by atoms with van der Waals surface area (Å²) >= 11 is 0. The fraction of sp³-hybridized carbons (Fsp3) is 0.524. The van der Waals surface area contributed by atoms with E-state index in [1.165, 1.54) is 5.56 Å². The van der Waals surface area contributed by atoms with Gasteiger partial charge in [0.15, 0.2) is 0 Å². The molecular weight excluding hydrogens is 284 g/mol. The van der Waals surface area contributed by atoms with Crippen molar-refractivity contribution in [3.05, 3.63) is 60.7 Å². The maximum absolute atomic E-state index is 6.02. The van der Waals surface area contributed by atoms with E-state index in [2.05, 4.69) is 56.8 Å². The Morgan fingerprint density at radius 2 is 1.57 bits per heavy atom. The highest BCUT2D eigenvalue weighted by molar-refractivity contribution is 5.18. The number of ether oxygens (including phenoxy) is 2. The van der Waals surface area contributed by atoms with Gasteiger partial charge in [0.25, 0.3) is 0 Å². The predicted molar refractivity (Wildman–Crippen MR) is 98.8 cm³/mol. The van der Waals surface area contributed by atoms with Gasteiger partial charge in [0.05, 0.1) is 0 Å². The number of benzene rings is 1. The van der Waals surface area contributed by atoms with Crippen molar-refractivity contribution < 1.29 is 9.47 Å². The molecule has 0 aromatic heterocycles. The summed E-state index contributed by atoms with van der Waals surface area (Å²) in [5, 5.41) is 0. The summed E-state index contributed by atoms with van der Waals surface area (Å²) in [6.45, 7) is 9.78. The molecule has 0 aliphatic carbocycles. The van der Waals surface area contributed by atoms with Crippen LogP contribution >= 0.6 is 0 Å². The Bertz CT molecular complexity index is 425. The normalized spacial score (nSPS) is 14.0. The molecule has 2 nitrogen and oxygen atoms in total. The van der Waals surface area contributed by atoms with Gasteiger partial charge in [-0.05, 0) is 24.8 Å². The van der Waals surface area contributed by atoms with Crippen LogP contribution in [0.1, 0.15) is 45.1 Å². The molecule has 2 atom stereocenters. The largest absolute Gasteiger partial charge is 0.371 e. The summed E-state index contributed by atoms with van der Waals surface area (Å²) in [4.78, 5) is 0. The quantitative estimate of drug-likeness (QED) is 0.361. The van der Waals surface area contributed by atoms with Gasteiger partial charge in [-0.1, -0.05) is 75.2 Å². The van der Waals surface area contributed by atoms with Crippen LogP contribution in [0, 0.1) is 0 Å². The van der Waals surface area contributed by atoms with Crippen LogP contribution in [-0.2, 0) is 15.9 Å². The van der Waals surface area contributed by atoms with E-state index in [-0.39, 0.29) is 12.2 Å². The lowest BCUT2D eigenvalue weighted by Crippen LogP contribution is -2.29. The van der Waals surface area contributed by atoms with E-state index in [4.69, 9.17) is 9.47 Å². The van der Waals surface area contributed by atoms with Crippen molar-refractivity contribution in [2.45, 2.75) is 58.2 Å². The second kappa shape index (κ2) is 13.1. The third-order valence-electron chi connectivity index (χ3n) is 3.69. The van der Waals surface area contributed by atoms with Gasteiger partial charge in [0.2, 0.25) is 0 Å². The Hall–Kier alpha value is -1.38. The zero-order valence-corrected chi connectivity index (χ0v) is 14.7. The summed E-state index contributed by atoms with van der Waals surface area (Å²) in [7, 11) is 0. The van der Waals surface area contributed by atoms with Crippen molar-refractivity contribution in [2.75, 3.05) is 13.2 Å². The van der Waals surface area contributed by atoms with Gasteiger partial charge in [-0.3, -0.25) is 0 Å². The maximum Gasteiger partial charge on any atom is 0.105 e. The first-order valence-electron chi connectivity index (χ1n) is 8.88. The molecule has 0 bridgehead atoms. The van der Waals surface area contributed by atoms with E-state index < -0.39 is 0 Å². The first kappa shape index (κ1) is 19.7. The molecule has 128 valence electrons. The highest BCUT2D eigenvalue weighted by Gasteiger charge is 2.17. The van der Waals surface area contributed by atoms with Crippen LogP contribution in [0.15, 0.2) is 55.1 Å². The molecule has 23 heavy (non-hydrogen) atoms. The van der Waals surface area contributed by atoms with Crippen LogP contribution in [0.4, 0.5) is 0 Å². The zero-order chi connectivity index (χ0) is 16.8. The lowest BCUT2D eigenvalue weighted by Gasteiger charge is -2.23. The van der Waals surface area contributed by atoms with Crippen LogP contribution < -0.4 is 0 Å². The molecule has 0 heterocycles. The minimum absolute atomic E-state index is 0.0559. The van der Waals surface area contributed by atoms with Crippen molar-refractivity contribution in [1.82, 2.24) is 0 Å². The van der Waals surface area contributed by atoms with Crippen molar-refractivity contribution >= 4 is 0 Å². The fourth-order valence-electron chi connectivity index (χ4n) is 2.24. The fourth-order valence-corrected chi connectivity index (χ4v) is 2.24. The number of hydrogen-bond acceptors (Lipinski definition) is 2. The molecule has 1 aromatic rings. The average molecular weight is 316 g/mol. The van der Waals surface area contributed by atoms with Gasteiger partial charge in [0, 0.05) is 13.2 Å². The standard InChI is InChI=1S/C21H32O2/c1-4-7-17-22-20(6-3)21(23-18-8-5-2)16-12-15-19-13-10-9-11-14-19/h6,9-14,16,20-21H,3-5,7-8,15,17-18H2,1-2H3/b16-12-/t20-,21+/m0/s1. The Morgan fingerprint density at radius 3 is 2.13 bits per heavy atom. The lowest BCUT2D eigenvalue weighted by molar-refractivity contribution is -0.0303. The van der Waals surface area contributed by atoms with E-state index in [0.29, 0.717) is 0 Å². The number of allylic oxidation sites excluding steroid dienone is 1. The van der Waals surface area contributed by atoms with Crippen LogP contribution in [-0.4, -0.2) is 25.4 Å². The number of hydrogen-bond donors (Lipinski definition) is 0. The molecule has 0 saturated heterocycles. The van der Waals surface area contributed by atoms with Crippen LogP contribution in [0.25, 0.3) is 0 Å². The van der Waals surface area contributed by atoms with Gasteiger partial charge in [0.1, 0.15) is 12.2 Å². The minimum Gasteiger partial charge on any atom is -0.371 e. The summed E-state index contributed by atoms with van der Waals surface area (Å²) in [5.74, 6) is 0. The molecule has 0 amide bonds. The molecule has 2 heteroatoms. The zero-order valence-electron chi connectivity index (χ0n) is 14.7. The summed E-state index contributed by atoms with van der Waals surface area (Å²) in [6.07, 6.45) is 11.3. The lowest BCUT2D eigenvalue weighted by atomic mass is 10.1. The topological polar surface area (TPSA) is 18.5 Å². The first-order chi connectivity index (χ1) is 11.3. The van der Waals surface area contributed by atoms with E-state index in [0.717, 1.165) is 45.3 Å². The highest BCUT2D eigenvalue weighted by atomic mass is 16.5. The Balaban J connectivity index is 2.59. The smallest absolute Gasteiger partial charge is 0.105 e. The molecule has 0 N–H and O–H groups in total. The minimum atomic E-state index is -0.0783. The second-order valence-corrected chi connectivity index (χ2v) is 5.73. The average Bonchev–Trinajstić information content (AvgIpc) is 2.59. The molecular formula is C21H32O2. The van der Waals surface area contributed by atoms with Gasteiger partial charge >= 0.3 is 0 Å². The summed E-state index contributed by atoms with van der Waals surface area (Å²) in [6, 6.07) is 10.5. The van der Waals surface area contributed by atoms with E-state index >= 15 is 0 Å². The SMILES string of the molecule is C=C[C@H](OCCCC)[C@@H](/C=C\Cc1ccccc1)OCCCC. The van der Waals surface area contributed by atoms with E-state index in [1.807, 2.05) is 12.1 Å². The maximum atomic E-state index is 6.02. The molecule has 0 radical (unpaired) electrons. The van der Waals surface area contributed by atoms with Crippen LogP contribution in [0.5, 0.6) is 0 Å². The second-order valence-electron chi connectivity index (χ2n) is 5.73. The molecule has 1 rings (SSSR count). The molecule has 0 unspecified atom stereocenters. The van der Waals surface area contributed by atoms with Crippen molar-refractivity contribution in [3.63, 3.8) is 0 Å². The Kier molecular flexibility index (Phi) is 11.2. The summed E-state index contributed by atoms with van der Waals surface area (Å²) < 4.78 is 12.0. The van der Waals surface area contributed by atoms with E-state index in [9.17, 15) is 0 Å².